The third-order valence-corrected chi connectivity index (χ3v) is 6.14. The summed E-state index contributed by atoms with van der Waals surface area (Å²) in [4.78, 5) is 2.38. The second-order valence-corrected chi connectivity index (χ2v) is 8.98. The maximum Gasteiger partial charge on any atom is 0.0342 e. The average Bonchev–Trinajstić information content (AvgIpc) is 2.70. The Morgan fingerprint density at radius 1 is 0.586 bits per heavy atom. The van der Waals surface area contributed by atoms with Gasteiger partial charge in [-0.15, -0.1) is 17.0 Å². The van der Waals surface area contributed by atoms with Crippen molar-refractivity contribution in [2.24, 2.45) is 0 Å². The van der Waals surface area contributed by atoms with Crippen LogP contribution in [0.1, 0.15) is 128 Å². The normalized spacial score (nSPS) is 12.1. The van der Waals surface area contributed by atoms with Gasteiger partial charge >= 0.3 is 0 Å². The Morgan fingerprint density at radius 3 is 1.34 bits per heavy atom. The minimum absolute atomic E-state index is 0. The number of halogens is 1. The molecule has 0 heterocycles. The molecule has 0 aliphatic heterocycles. The Morgan fingerprint density at radius 2 is 0.966 bits per heavy atom. The molecule has 0 spiro atoms. The van der Waals surface area contributed by atoms with E-state index in [0.717, 1.165) is 0 Å². The molecule has 1 aromatic rings. The molecule has 0 bridgehead atoms. The van der Waals surface area contributed by atoms with E-state index in [2.05, 4.69) is 56.3 Å². The summed E-state index contributed by atoms with van der Waals surface area (Å²) in [7, 11) is 4.42. The molecule has 0 amide bonds. The van der Waals surface area contributed by atoms with Crippen LogP contribution in [0.4, 0.5) is 0 Å². The van der Waals surface area contributed by atoms with E-state index in [1.807, 2.05) is 0 Å². The molecule has 0 saturated heterocycles. The molecule has 0 aromatic heterocycles. The zero-order valence-corrected chi connectivity index (χ0v) is 21.6. The average molecular weight is 469 g/mol. The van der Waals surface area contributed by atoms with Crippen molar-refractivity contribution < 1.29 is 0 Å². The van der Waals surface area contributed by atoms with Gasteiger partial charge in [-0.3, -0.25) is 0 Å². The molecule has 1 atom stereocenters. The molecule has 1 unspecified atom stereocenters. The minimum Gasteiger partial charge on any atom is -0.302 e. The van der Waals surface area contributed by atoms with Gasteiger partial charge in [0, 0.05) is 6.04 Å². The fraction of sp³-hybridized carbons (Fsp3) is 0.778. The van der Waals surface area contributed by atoms with E-state index >= 15 is 0 Å². The van der Waals surface area contributed by atoms with Gasteiger partial charge in [0.15, 0.2) is 0 Å². The van der Waals surface area contributed by atoms with E-state index in [9.17, 15) is 0 Å². The standard InChI is InChI=1S/C27H49N.BrH/c1-4-5-6-7-8-9-10-11-12-13-14-15-16-17-18-22-25-27(28(2)3)26-23-20-19-21-24-26;/h19-21,23-24,27H,4-18,22,25H2,1-3H3;1H. The minimum atomic E-state index is 0. The second-order valence-electron chi connectivity index (χ2n) is 8.98. The van der Waals surface area contributed by atoms with Gasteiger partial charge < -0.3 is 4.90 Å². The molecular formula is C27H50BrN. The van der Waals surface area contributed by atoms with Gasteiger partial charge in [-0.2, -0.15) is 0 Å². The first-order valence-electron chi connectivity index (χ1n) is 12.5. The number of hydrogen-bond acceptors (Lipinski definition) is 1. The molecule has 0 radical (unpaired) electrons. The number of hydrogen-bond donors (Lipinski definition) is 0. The van der Waals surface area contributed by atoms with Gasteiger partial charge in [-0.05, 0) is 26.1 Å². The van der Waals surface area contributed by atoms with Gasteiger partial charge in [0.25, 0.3) is 0 Å². The molecule has 1 nitrogen and oxygen atoms in total. The number of benzene rings is 1. The van der Waals surface area contributed by atoms with Crippen molar-refractivity contribution in [3.05, 3.63) is 35.9 Å². The summed E-state index contributed by atoms with van der Waals surface area (Å²) >= 11 is 0. The van der Waals surface area contributed by atoms with E-state index in [1.165, 1.54) is 115 Å². The van der Waals surface area contributed by atoms with Crippen molar-refractivity contribution in [1.29, 1.82) is 0 Å². The largest absolute Gasteiger partial charge is 0.302 e. The van der Waals surface area contributed by atoms with Gasteiger partial charge in [0.2, 0.25) is 0 Å². The predicted octanol–water partition coefficient (Wildman–Crippen LogP) is 9.52. The van der Waals surface area contributed by atoms with Crippen LogP contribution in [0.2, 0.25) is 0 Å². The topological polar surface area (TPSA) is 3.24 Å². The summed E-state index contributed by atoms with van der Waals surface area (Å²) in [6.45, 7) is 2.30. The fourth-order valence-electron chi connectivity index (χ4n) is 4.28. The summed E-state index contributed by atoms with van der Waals surface area (Å²) in [5.41, 5.74) is 1.47. The van der Waals surface area contributed by atoms with Crippen LogP contribution in [0.25, 0.3) is 0 Å². The number of nitrogens with zero attached hydrogens (tertiary/aromatic N) is 1. The van der Waals surface area contributed by atoms with E-state index in [4.69, 9.17) is 0 Å². The molecule has 0 fully saturated rings. The summed E-state index contributed by atoms with van der Waals surface area (Å²) in [5, 5.41) is 0. The Hall–Kier alpha value is -0.340. The Labute approximate surface area is 193 Å². The van der Waals surface area contributed by atoms with Crippen LogP contribution in [0, 0.1) is 0 Å². The molecule has 0 aliphatic carbocycles. The molecule has 1 rings (SSSR count). The second kappa shape index (κ2) is 20.9. The molecule has 170 valence electrons. The Balaban J connectivity index is 0.00000784. The maximum absolute atomic E-state index is 2.38. The van der Waals surface area contributed by atoms with Crippen molar-refractivity contribution >= 4 is 17.0 Å². The summed E-state index contributed by atoms with van der Waals surface area (Å²) < 4.78 is 0. The molecule has 0 aliphatic rings. The first-order chi connectivity index (χ1) is 13.8. The lowest BCUT2D eigenvalue weighted by molar-refractivity contribution is 0.276. The number of unbranched alkanes of at least 4 members (excludes halogenated alkanes) is 15. The first kappa shape index (κ1) is 28.7. The smallest absolute Gasteiger partial charge is 0.0342 e. The zero-order chi connectivity index (χ0) is 20.3. The monoisotopic (exact) mass is 467 g/mol. The van der Waals surface area contributed by atoms with Crippen LogP contribution in [0.5, 0.6) is 0 Å². The van der Waals surface area contributed by atoms with Crippen molar-refractivity contribution in [3.8, 4) is 0 Å². The molecule has 29 heavy (non-hydrogen) atoms. The lowest BCUT2D eigenvalue weighted by Gasteiger charge is -2.24. The van der Waals surface area contributed by atoms with Gasteiger partial charge in [0.05, 0.1) is 0 Å². The molecule has 2 heteroatoms. The summed E-state index contributed by atoms with van der Waals surface area (Å²) in [6, 6.07) is 11.6. The first-order valence-corrected chi connectivity index (χ1v) is 12.5. The van der Waals surface area contributed by atoms with E-state index in [0.29, 0.717) is 6.04 Å². The molecular weight excluding hydrogens is 418 g/mol. The SMILES string of the molecule is Br.CCCCCCCCCCCCCCCCCCC(c1ccccc1)N(C)C. The van der Waals surface area contributed by atoms with Crippen LogP contribution >= 0.6 is 17.0 Å². The van der Waals surface area contributed by atoms with Crippen LogP contribution in [-0.4, -0.2) is 19.0 Å². The van der Waals surface area contributed by atoms with Crippen LogP contribution in [0.3, 0.4) is 0 Å². The highest BCUT2D eigenvalue weighted by atomic mass is 79.9. The summed E-state index contributed by atoms with van der Waals surface area (Å²) in [6.07, 6.45) is 24.4. The van der Waals surface area contributed by atoms with E-state index in [-0.39, 0.29) is 17.0 Å². The highest BCUT2D eigenvalue weighted by Crippen LogP contribution is 2.24. The lowest BCUT2D eigenvalue weighted by atomic mass is 9.98. The van der Waals surface area contributed by atoms with Crippen molar-refractivity contribution in [3.63, 3.8) is 0 Å². The Kier molecular flexibility index (Phi) is 20.7. The molecule has 0 saturated carbocycles. The third-order valence-electron chi connectivity index (χ3n) is 6.14. The Bertz CT molecular complexity index is 431. The predicted molar refractivity (Wildman–Crippen MR) is 137 cm³/mol. The zero-order valence-electron chi connectivity index (χ0n) is 19.8. The van der Waals surface area contributed by atoms with Crippen molar-refractivity contribution in [2.75, 3.05) is 14.1 Å². The van der Waals surface area contributed by atoms with Crippen LogP contribution in [0.15, 0.2) is 30.3 Å². The third kappa shape index (κ3) is 16.1. The van der Waals surface area contributed by atoms with Crippen molar-refractivity contribution in [1.82, 2.24) is 4.90 Å². The van der Waals surface area contributed by atoms with Gasteiger partial charge in [-0.1, -0.05) is 140 Å². The van der Waals surface area contributed by atoms with E-state index in [1.54, 1.807) is 0 Å². The highest BCUT2D eigenvalue weighted by Gasteiger charge is 2.12. The maximum atomic E-state index is 2.38. The lowest BCUT2D eigenvalue weighted by Crippen LogP contribution is -2.19. The summed E-state index contributed by atoms with van der Waals surface area (Å²) in [5.74, 6) is 0. The van der Waals surface area contributed by atoms with Crippen LogP contribution in [-0.2, 0) is 0 Å². The number of rotatable bonds is 19. The fourth-order valence-corrected chi connectivity index (χ4v) is 4.28. The van der Waals surface area contributed by atoms with E-state index < -0.39 is 0 Å². The van der Waals surface area contributed by atoms with Crippen LogP contribution < -0.4 is 0 Å². The highest BCUT2D eigenvalue weighted by molar-refractivity contribution is 8.93. The van der Waals surface area contributed by atoms with Gasteiger partial charge in [-0.25, -0.2) is 0 Å². The molecule has 0 N–H and O–H groups in total. The van der Waals surface area contributed by atoms with Gasteiger partial charge in [0.1, 0.15) is 0 Å². The molecule has 1 aromatic carbocycles. The quantitative estimate of drug-likeness (QED) is 0.183. The van der Waals surface area contributed by atoms with Crippen molar-refractivity contribution in [2.45, 2.75) is 122 Å².